The van der Waals surface area contributed by atoms with Gasteiger partial charge >= 0.3 is 12.1 Å². The van der Waals surface area contributed by atoms with Crippen LogP contribution in [0.25, 0.3) is 5.69 Å². The Hall–Kier alpha value is -3.82. The van der Waals surface area contributed by atoms with E-state index in [9.17, 15) is 22.8 Å². The first-order valence-corrected chi connectivity index (χ1v) is 9.08. The first-order chi connectivity index (χ1) is 14.7. The largest absolute Gasteiger partial charge is 0.493 e. The molecule has 162 valence electrons. The molecule has 3 rings (SSSR count). The molecule has 0 aliphatic carbocycles. The van der Waals surface area contributed by atoms with Gasteiger partial charge in [0.15, 0.2) is 11.9 Å². The van der Waals surface area contributed by atoms with Crippen molar-refractivity contribution >= 4 is 17.6 Å². The lowest BCUT2D eigenvalue weighted by Gasteiger charge is -2.16. The highest BCUT2D eigenvalue weighted by Gasteiger charge is 2.34. The number of ether oxygens (including phenoxy) is 2. The van der Waals surface area contributed by atoms with Gasteiger partial charge in [-0.3, -0.25) is 4.79 Å². The van der Waals surface area contributed by atoms with Crippen molar-refractivity contribution in [1.29, 1.82) is 0 Å². The fourth-order valence-corrected chi connectivity index (χ4v) is 2.71. The molecule has 31 heavy (non-hydrogen) atoms. The van der Waals surface area contributed by atoms with E-state index in [2.05, 4.69) is 10.4 Å². The second kappa shape index (κ2) is 8.90. The third-order valence-corrected chi connectivity index (χ3v) is 4.26. The van der Waals surface area contributed by atoms with Gasteiger partial charge in [0.05, 0.1) is 30.2 Å². The summed E-state index contributed by atoms with van der Waals surface area (Å²) < 4.78 is 50.9. The number of hydrogen-bond donors (Lipinski definition) is 1. The quantitative estimate of drug-likeness (QED) is 0.593. The fourth-order valence-electron chi connectivity index (χ4n) is 2.71. The fraction of sp³-hybridized carbons (Fsp3) is 0.190. The second-order valence-corrected chi connectivity index (χ2v) is 6.41. The van der Waals surface area contributed by atoms with Crippen molar-refractivity contribution in [1.82, 2.24) is 9.78 Å². The molecule has 1 heterocycles. The Labute approximate surface area is 175 Å². The van der Waals surface area contributed by atoms with E-state index in [4.69, 9.17) is 9.47 Å². The minimum atomic E-state index is -4.65. The Balaban J connectivity index is 1.74. The summed E-state index contributed by atoms with van der Waals surface area (Å²) in [6.45, 7) is 1.24. The Morgan fingerprint density at radius 1 is 1.06 bits per heavy atom. The van der Waals surface area contributed by atoms with Crippen LogP contribution in [-0.2, 0) is 15.7 Å². The monoisotopic (exact) mass is 433 g/mol. The number of hydrogen-bond acceptors (Lipinski definition) is 5. The number of nitrogens with one attached hydrogen (secondary N) is 1. The smallest absolute Gasteiger partial charge is 0.418 e. The molecule has 1 aromatic heterocycles. The van der Waals surface area contributed by atoms with Crippen LogP contribution >= 0.6 is 0 Å². The van der Waals surface area contributed by atoms with Crippen molar-refractivity contribution < 1.29 is 32.2 Å². The van der Waals surface area contributed by atoms with E-state index in [1.165, 1.54) is 37.0 Å². The number of aromatic nitrogens is 2. The summed E-state index contributed by atoms with van der Waals surface area (Å²) in [6, 6.07) is 13.4. The van der Waals surface area contributed by atoms with Gasteiger partial charge in [0.25, 0.3) is 5.91 Å². The predicted octanol–water partition coefficient (Wildman–Crippen LogP) is 4.08. The Bertz CT molecular complexity index is 1080. The number of para-hydroxylation sites is 2. The van der Waals surface area contributed by atoms with Crippen molar-refractivity contribution in [2.24, 2.45) is 0 Å². The normalized spacial score (nSPS) is 12.2. The van der Waals surface area contributed by atoms with Crippen molar-refractivity contribution in [3.63, 3.8) is 0 Å². The van der Waals surface area contributed by atoms with E-state index in [1.807, 2.05) is 6.07 Å². The van der Waals surface area contributed by atoms with Crippen LogP contribution in [0.1, 0.15) is 23.0 Å². The maximum absolute atomic E-state index is 13.1. The molecule has 0 saturated carbocycles. The van der Waals surface area contributed by atoms with Crippen LogP contribution in [0, 0.1) is 0 Å². The van der Waals surface area contributed by atoms with Crippen molar-refractivity contribution in [3.8, 4) is 11.4 Å². The lowest BCUT2D eigenvalue weighted by atomic mass is 10.1. The Morgan fingerprint density at radius 2 is 1.71 bits per heavy atom. The number of methoxy groups -OCH3 is 1. The van der Waals surface area contributed by atoms with Gasteiger partial charge < -0.3 is 14.8 Å². The third-order valence-electron chi connectivity index (χ3n) is 4.26. The summed E-state index contributed by atoms with van der Waals surface area (Å²) in [5, 5.41) is 6.27. The lowest BCUT2D eigenvalue weighted by molar-refractivity contribution is -0.137. The molecule has 0 spiro atoms. The predicted molar refractivity (Wildman–Crippen MR) is 105 cm³/mol. The molecule has 1 amide bonds. The van der Waals surface area contributed by atoms with Gasteiger partial charge in [-0.2, -0.15) is 18.3 Å². The molecule has 2 aromatic carbocycles. The first-order valence-electron chi connectivity index (χ1n) is 9.08. The van der Waals surface area contributed by atoms with Crippen LogP contribution in [0.15, 0.2) is 60.8 Å². The minimum Gasteiger partial charge on any atom is -0.493 e. The van der Waals surface area contributed by atoms with Crippen LogP contribution in [0.2, 0.25) is 0 Å². The van der Waals surface area contributed by atoms with Crippen LogP contribution in [0.3, 0.4) is 0 Å². The number of anilines is 1. The SMILES string of the molecule is COc1cn(-c2ccccc2)nc1C(=O)OC(C)C(=O)Nc1ccccc1C(F)(F)F. The minimum absolute atomic E-state index is 0.115. The summed E-state index contributed by atoms with van der Waals surface area (Å²) in [6.07, 6.45) is -4.57. The molecule has 7 nitrogen and oxygen atoms in total. The summed E-state index contributed by atoms with van der Waals surface area (Å²) in [4.78, 5) is 24.9. The highest BCUT2D eigenvalue weighted by atomic mass is 19.4. The number of carbonyl (C=O) groups excluding carboxylic acids is 2. The number of alkyl halides is 3. The lowest BCUT2D eigenvalue weighted by Crippen LogP contribution is -2.31. The molecule has 10 heteroatoms. The molecule has 1 atom stereocenters. The zero-order valence-electron chi connectivity index (χ0n) is 16.5. The van der Waals surface area contributed by atoms with Crippen LogP contribution in [0.4, 0.5) is 18.9 Å². The summed E-state index contributed by atoms with van der Waals surface area (Å²) in [5.41, 5.74) is -0.963. The topological polar surface area (TPSA) is 82.5 Å². The molecule has 0 radical (unpaired) electrons. The molecule has 3 aromatic rings. The summed E-state index contributed by atoms with van der Waals surface area (Å²) in [7, 11) is 1.34. The van der Waals surface area contributed by atoms with Crippen molar-refractivity contribution in [2.75, 3.05) is 12.4 Å². The van der Waals surface area contributed by atoms with Gasteiger partial charge in [-0.25, -0.2) is 9.48 Å². The number of esters is 1. The third kappa shape index (κ3) is 5.03. The van der Waals surface area contributed by atoms with E-state index in [-0.39, 0.29) is 11.4 Å². The molecule has 1 N–H and O–H groups in total. The van der Waals surface area contributed by atoms with Crippen LogP contribution in [0.5, 0.6) is 5.75 Å². The van der Waals surface area contributed by atoms with Gasteiger partial charge in [-0.05, 0) is 31.2 Å². The maximum atomic E-state index is 13.1. The average Bonchev–Trinajstić information content (AvgIpc) is 3.18. The average molecular weight is 433 g/mol. The van der Waals surface area contributed by atoms with Gasteiger partial charge in [0.1, 0.15) is 0 Å². The standard InChI is InChI=1S/C21H18F3N3O4/c1-13(19(28)25-16-11-7-6-10-15(16)21(22,23)24)31-20(29)18-17(30-2)12-27(26-18)14-8-4-3-5-9-14/h3-13H,1-2H3,(H,25,28). The highest BCUT2D eigenvalue weighted by Crippen LogP contribution is 2.34. The molecule has 0 saturated heterocycles. The molecular formula is C21H18F3N3O4. The molecule has 0 bridgehead atoms. The van der Waals surface area contributed by atoms with Crippen molar-refractivity contribution in [2.45, 2.75) is 19.2 Å². The van der Waals surface area contributed by atoms with E-state index < -0.39 is 35.4 Å². The van der Waals surface area contributed by atoms with Gasteiger partial charge in [-0.1, -0.05) is 30.3 Å². The summed E-state index contributed by atoms with van der Waals surface area (Å²) in [5.74, 6) is -1.77. The van der Waals surface area contributed by atoms with E-state index in [1.54, 1.807) is 24.3 Å². The maximum Gasteiger partial charge on any atom is 0.418 e. The Morgan fingerprint density at radius 3 is 2.35 bits per heavy atom. The number of carbonyl (C=O) groups is 2. The highest BCUT2D eigenvalue weighted by molar-refractivity contribution is 5.98. The zero-order chi connectivity index (χ0) is 22.6. The second-order valence-electron chi connectivity index (χ2n) is 6.41. The molecule has 0 aliphatic rings. The van der Waals surface area contributed by atoms with Crippen LogP contribution < -0.4 is 10.1 Å². The molecular weight excluding hydrogens is 415 g/mol. The van der Waals surface area contributed by atoms with Crippen LogP contribution in [-0.4, -0.2) is 34.9 Å². The van der Waals surface area contributed by atoms with E-state index in [0.29, 0.717) is 5.69 Å². The molecule has 0 aliphatic heterocycles. The Kier molecular flexibility index (Phi) is 6.28. The first kappa shape index (κ1) is 21.9. The number of benzene rings is 2. The number of rotatable bonds is 6. The molecule has 1 unspecified atom stereocenters. The zero-order valence-corrected chi connectivity index (χ0v) is 16.5. The number of amides is 1. The van der Waals surface area contributed by atoms with Gasteiger partial charge in [0, 0.05) is 0 Å². The van der Waals surface area contributed by atoms with Gasteiger partial charge in [-0.15, -0.1) is 0 Å². The molecule has 0 fully saturated rings. The number of nitrogens with zero attached hydrogens (tertiary/aromatic N) is 2. The van der Waals surface area contributed by atoms with Gasteiger partial charge in [0.2, 0.25) is 5.69 Å². The number of halogens is 3. The van der Waals surface area contributed by atoms with Crippen molar-refractivity contribution in [3.05, 3.63) is 72.1 Å². The summed E-state index contributed by atoms with van der Waals surface area (Å²) >= 11 is 0. The van der Waals surface area contributed by atoms with E-state index in [0.717, 1.165) is 12.1 Å². The van der Waals surface area contributed by atoms with E-state index >= 15 is 0 Å².